The molecule has 5 rings (SSSR count). The Labute approximate surface area is 215 Å². The van der Waals surface area contributed by atoms with E-state index < -0.39 is 16.3 Å². The van der Waals surface area contributed by atoms with Crippen LogP contribution in [0.4, 0.5) is 0 Å². The normalized spacial score (nSPS) is 20.2. The Morgan fingerprint density at radius 3 is 2.19 bits per heavy atom. The first-order valence-corrected chi connectivity index (χ1v) is 13.1. The second-order valence-corrected chi connectivity index (χ2v) is 10.6. The molecule has 0 saturated carbocycles. The minimum absolute atomic E-state index is 0.0946. The molecule has 2 aliphatic heterocycles. The number of ether oxygens (including phenoxy) is 5. The van der Waals surface area contributed by atoms with E-state index in [1.807, 2.05) is 19.9 Å². The number of hydrazine groups is 1. The maximum atomic E-state index is 12.9. The number of hydrogen-bond donors (Lipinski definition) is 3. The largest absolute Gasteiger partial charge is 0.502 e. The van der Waals surface area contributed by atoms with Crippen molar-refractivity contribution in [2.24, 2.45) is 5.92 Å². The van der Waals surface area contributed by atoms with E-state index in [1.54, 1.807) is 30.3 Å². The van der Waals surface area contributed by atoms with E-state index >= 15 is 0 Å². The summed E-state index contributed by atoms with van der Waals surface area (Å²) in [5.74, 6) is 1.40. The van der Waals surface area contributed by atoms with Crippen LogP contribution in [0, 0.1) is 12.8 Å². The summed E-state index contributed by atoms with van der Waals surface area (Å²) in [5, 5.41) is 10.5. The molecular weight excluding hydrogens is 500 g/mol. The van der Waals surface area contributed by atoms with E-state index in [9.17, 15) is 13.5 Å². The van der Waals surface area contributed by atoms with Gasteiger partial charge in [0.25, 0.3) is 10.0 Å². The number of fused-ring (bicyclic) bond motifs is 2. The Kier molecular flexibility index (Phi) is 6.52. The third-order valence-corrected chi connectivity index (χ3v) is 7.90. The molecule has 37 heavy (non-hydrogen) atoms. The van der Waals surface area contributed by atoms with Crippen LogP contribution >= 0.6 is 0 Å². The Hall–Kier alpha value is -3.67. The first-order valence-electron chi connectivity index (χ1n) is 11.6. The number of aromatic hydroxyl groups is 1. The van der Waals surface area contributed by atoms with Gasteiger partial charge < -0.3 is 28.8 Å². The van der Waals surface area contributed by atoms with Crippen LogP contribution in [-0.2, 0) is 10.0 Å². The number of nitrogens with one attached hydrogen (secondary N) is 2. The number of methoxy groups -OCH3 is 2. The highest BCUT2D eigenvalue weighted by Crippen LogP contribution is 2.50. The topological polar surface area (TPSA) is 125 Å². The summed E-state index contributed by atoms with van der Waals surface area (Å²) in [4.78, 5) is 2.58. The number of phenolic OH excluding ortho intramolecular Hbond substituents is 1. The van der Waals surface area contributed by atoms with Gasteiger partial charge in [-0.3, -0.25) is 0 Å². The summed E-state index contributed by atoms with van der Waals surface area (Å²) < 4.78 is 53.9. The second kappa shape index (κ2) is 9.66. The van der Waals surface area contributed by atoms with Gasteiger partial charge in [-0.05, 0) is 42.8 Å². The van der Waals surface area contributed by atoms with Crippen molar-refractivity contribution in [3.8, 4) is 34.5 Å². The van der Waals surface area contributed by atoms with Gasteiger partial charge in [0.2, 0.25) is 12.5 Å². The van der Waals surface area contributed by atoms with Crippen molar-refractivity contribution in [2.45, 2.75) is 30.9 Å². The van der Waals surface area contributed by atoms with Crippen molar-refractivity contribution >= 4 is 10.0 Å². The fraction of sp³-hybridized carbons (Fsp3) is 0.308. The fourth-order valence-corrected chi connectivity index (χ4v) is 5.52. The summed E-state index contributed by atoms with van der Waals surface area (Å²) >= 11 is 0. The van der Waals surface area contributed by atoms with E-state index in [-0.39, 0.29) is 40.8 Å². The number of sulfonamides is 1. The molecular formula is C26H28N2O8S. The van der Waals surface area contributed by atoms with E-state index in [4.69, 9.17) is 23.7 Å². The number of rotatable bonds is 7. The van der Waals surface area contributed by atoms with Crippen molar-refractivity contribution in [3.05, 3.63) is 65.2 Å². The molecule has 3 atom stereocenters. The molecule has 11 heteroatoms. The van der Waals surface area contributed by atoms with Crippen LogP contribution in [0.3, 0.4) is 0 Å². The SMILES string of the molecule is COc1cc([C@@H]2c3cc4c(cc3O[C@@H](NNS(=O)(=O)c3ccc(C)cc3)[C@@H]2C)OCO4)cc(OC)c1O. The van der Waals surface area contributed by atoms with Crippen LogP contribution in [0.25, 0.3) is 0 Å². The van der Waals surface area contributed by atoms with Crippen LogP contribution in [0.5, 0.6) is 34.5 Å². The van der Waals surface area contributed by atoms with Gasteiger partial charge >= 0.3 is 0 Å². The Morgan fingerprint density at radius 1 is 0.946 bits per heavy atom. The molecule has 2 aliphatic rings. The summed E-state index contributed by atoms with van der Waals surface area (Å²) in [5.41, 5.74) is 5.40. The summed E-state index contributed by atoms with van der Waals surface area (Å²) in [6.07, 6.45) is -0.760. The van der Waals surface area contributed by atoms with E-state index in [0.717, 1.165) is 16.7 Å². The Bertz CT molecular complexity index is 1400. The molecule has 0 spiro atoms. The summed E-state index contributed by atoms with van der Waals surface area (Å²) in [6.45, 7) is 3.91. The van der Waals surface area contributed by atoms with Crippen LogP contribution in [-0.4, -0.2) is 40.8 Å². The van der Waals surface area contributed by atoms with Crippen LogP contribution in [0.1, 0.15) is 29.5 Å². The first-order chi connectivity index (χ1) is 17.7. The van der Waals surface area contributed by atoms with Gasteiger partial charge in [0.1, 0.15) is 5.75 Å². The van der Waals surface area contributed by atoms with Crippen LogP contribution < -0.4 is 33.9 Å². The molecule has 3 N–H and O–H groups in total. The molecule has 196 valence electrons. The molecule has 0 aromatic heterocycles. The van der Waals surface area contributed by atoms with Gasteiger partial charge in [-0.15, -0.1) is 4.83 Å². The lowest BCUT2D eigenvalue weighted by Gasteiger charge is -2.38. The third-order valence-electron chi connectivity index (χ3n) is 6.63. The number of phenols is 1. The molecule has 0 bridgehead atoms. The second-order valence-electron chi connectivity index (χ2n) is 8.96. The highest BCUT2D eigenvalue weighted by atomic mass is 32.2. The predicted octanol–water partition coefficient (Wildman–Crippen LogP) is 3.42. The average Bonchev–Trinajstić information content (AvgIpc) is 3.34. The van der Waals surface area contributed by atoms with E-state index in [1.165, 1.54) is 26.4 Å². The van der Waals surface area contributed by atoms with Crippen molar-refractivity contribution in [1.29, 1.82) is 0 Å². The van der Waals surface area contributed by atoms with Gasteiger partial charge in [0, 0.05) is 23.5 Å². The average molecular weight is 529 g/mol. The third kappa shape index (κ3) is 4.61. The number of aryl methyl sites for hydroxylation is 1. The lowest BCUT2D eigenvalue weighted by Crippen LogP contribution is -2.52. The molecule has 0 amide bonds. The molecule has 0 fully saturated rings. The first kappa shape index (κ1) is 25.0. The molecule has 2 heterocycles. The maximum absolute atomic E-state index is 12.9. The maximum Gasteiger partial charge on any atom is 0.253 e. The molecule has 0 saturated heterocycles. The van der Waals surface area contributed by atoms with Crippen molar-refractivity contribution in [2.75, 3.05) is 21.0 Å². The van der Waals surface area contributed by atoms with Gasteiger partial charge in [-0.25, -0.2) is 13.8 Å². The quantitative estimate of drug-likeness (QED) is 0.396. The standard InChI is InChI=1S/C26H28N2O8S/c1-14-5-7-17(8-6-14)37(30,31)28-27-26-15(2)24(16-9-22(32-3)25(29)23(10-16)33-4)18-11-20-21(35-13-34-20)12-19(18)36-26/h5-12,15,24,26-29H,13H2,1-4H3/t15-,24-,26-/m1/s1. The fourth-order valence-electron chi connectivity index (χ4n) is 4.64. The van der Waals surface area contributed by atoms with Crippen molar-refractivity contribution < 1.29 is 37.2 Å². The molecule has 3 aromatic carbocycles. The van der Waals surface area contributed by atoms with Crippen LogP contribution in [0.2, 0.25) is 0 Å². The summed E-state index contributed by atoms with van der Waals surface area (Å²) in [6, 6.07) is 13.6. The molecule has 0 aliphatic carbocycles. The lowest BCUT2D eigenvalue weighted by molar-refractivity contribution is 0.0736. The number of benzene rings is 3. The Morgan fingerprint density at radius 2 is 1.57 bits per heavy atom. The highest BCUT2D eigenvalue weighted by Gasteiger charge is 2.39. The van der Waals surface area contributed by atoms with Gasteiger partial charge in [-0.2, -0.15) is 0 Å². The molecule has 10 nitrogen and oxygen atoms in total. The molecule has 3 aromatic rings. The van der Waals surface area contributed by atoms with Crippen molar-refractivity contribution in [1.82, 2.24) is 10.3 Å². The van der Waals surface area contributed by atoms with Crippen LogP contribution in [0.15, 0.2) is 53.4 Å². The minimum atomic E-state index is -3.85. The van der Waals surface area contributed by atoms with E-state index in [2.05, 4.69) is 10.3 Å². The highest BCUT2D eigenvalue weighted by molar-refractivity contribution is 7.89. The zero-order chi connectivity index (χ0) is 26.3. The van der Waals surface area contributed by atoms with E-state index in [0.29, 0.717) is 17.2 Å². The molecule has 0 unspecified atom stereocenters. The molecule has 0 radical (unpaired) electrons. The minimum Gasteiger partial charge on any atom is -0.502 e. The lowest BCUT2D eigenvalue weighted by atomic mass is 9.78. The number of hydrogen-bond acceptors (Lipinski definition) is 9. The predicted molar refractivity (Wildman–Crippen MR) is 134 cm³/mol. The van der Waals surface area contributed by atoms with Gasteiger partial charge in [0.05, 0.1) is 19.1 Å². The summed E-state index contributed by atoms with van der Waals surface area (Å²) in [7, 11) is -0.934. The Balaban J connectivity index is 1.53. The zero-order valence-electron chi connectivity index (χ0n) is 20.8. The monoisotopic (exact) mass is 528 g/mol. The smallest absolute Gasteiger partial charge is 0.253 e. The van der Waals surface area contributed by atoms with Crippen molar-refractivity contribution in [3.63, 3.8) is 0 Å². The van der Waals surface area contributed by atoms with Gasteiger partial charge in [0.15, 0.2) is 29.2 Å². The van der Waals surface area contributed by atoms with Gasteiger partial charge in [-0.1, -0.05) is 24.6 Å². The zero-order valence-corrected chi connectivity index (χ0v) is 21.6.